The second-order valence-electron chi connectivity index (χ2n) is 7.98. The van der Waals surface area contributed by atoms with Gasteiger partial charge in [-0.25, -0.2) is 4.99 Å². The molecule has 2 aliphatic heterocycles. The van der Waals surface area contributed by atoms with Crippen LogP contribution in [0.25, 0.3) is 0 Å². The highest BCUT2D eigenvalue weighted by Gasteiger charge is 2.22. The standard InChI is InChI=1S/C22H36N4OS/c1-4-23-22(25-13-21-6-5-11-28-21)24-12-19-7-9-20(10-8-19)16-26-14-17(2)27-18(3)15-26/h7-10,17-18,21H,4-6,11-16H2,1-3H3,(H2,23,24,25). The normalized spacial score (nSPS) is 26.4. The van der Waals surface area contributed by atoms with Crippen molar-refractivity contribution in [2.24, 2.45) is 4.99 Å². The van der Waals surface area contributed by atoms with E-state index < -0.39 is 0 Å². The molecule has 5 nitrogen and oxygen atoms in total. The smallest absolute Gasteiger partial charge is 0.191 e. The van der Waals surface area contributed by atoms with Crippen LogP contribution in [0.1, 0.15) is 44.7 Å². The zero-order chi connectivity index (χ0) is 19.8. The van der Waals surface area contributed by atoms with E-state index in [2.05, 4.69) is 72.3 Å². The van der Waals surface area contributed by atoms with Gasteiger partial charge in [-0.1, -0.05) is 24.3 Å². The lowest BCUT2D eigenvalue weighted by atomic mass is 10.1. The third-order valence-electron chi connectivity index (χ3n) is 5.21. The summed E-state index contributed by atoms with van der Waals surface area (Å²) in [7, 11) is 0. The molecule has 2 saturated heterocycles. The van der Waals surface area contributed by atoms with Gasteiger partial charge in [0.1, 0.15) is 0 Å². The van der Waals surface area contributed by atoms with E-state index in [1.807, 2.05) is 0 Å². The minimum atomic E-state index is 0.317. The van der Waals surface area contributed by atoms with Crippen molar-refractivity contribution in [2.75, 3.05) is 31.9 Å². The summed E-state index contributed by atoms with van der Waals surface area (Å²) < 4.78 is 5.83. The summed E-state index contributed by atoms with van der Waals surface area (Å²) >= 11 is 2.08. The summed E-state index contributed by atoms with van der Waals surface area (Å²) in [6, 6.07) is 8.90. The first-order chi connectivity index (χ1) is 13.6. The van der Waals surface area contributed by atoms with Crippen molar-refractivity contribution in [1.82, 2.24) is 15.5 Å². The number of thioether (sulfide) groups is 1. The molecule has 0 spiro atoms. The van der Waals surface area contributed by atoms with Gasteiger partial charge in [0.2, 0.25) is 0 Å². The fraction of sp³-hybridized carbons (Fsp3) is 0.682. The molecule has 1 aromatic rings. The second-order valence-corrected chi connectivity index (χ2v) is 9.39. The van der Waals surface area contributed by atoms with Gasteiger partial charge < -0.3 is 15.4 Å². The zero-order valence-corrected chi connectivity index (χ0v) is 18.4. The highest BCUT2D eigenvalue weighted by atomic mass is 32.2. The van der Waals surface area contributed by atoms with Crippen molar-refractivity contribution < 1.29 is 4.74 Å². The number of benzene rings is 1. The maximum Gasteiger partial charge on any atom is 0.191 e. The highest BCUT2D eigenvalue weighted by molar-refractivity contribution is 8.00. The lowest BCUT2D eigenvalue weighted by Gasteiger charge is -2.35. The predicted octanol–water partition coefficient (Wildman–Crippen LogP) is 3.25. The Morgan fingerprint density at radius 3 is 2.50 bits per heavy atom. The van der Waals surface area contributed by atoms with Crippen molar-refractivity contribution in [3.63, 3.8) is 0 Å². The Morgan fingerprint density at radius 1 is 1.14 bits per heavy atom. The number of nitrogens with zero attached hydrogens (tertiary/aromatic N) is 2. The number of rotatable bonds is 7. The SMILES string of the molecule is CCNC(=NCc1ccc(CN2CC(C)OC(C)C2)cc1)NCC1CCCS1. The van der Waals surface area contributed by atoms with Gasteiger partial charge >= 0.3 is 0 Å². The van der Waals surface area contributed by atoms with Crippen LogP contribution in [0.5, 0.6) is 0 Å². The van der Waals surface area contributed by atoms with Crippen LogP contribution in [0.2, 0.25) is 0 Å². The van der Waals surface area contributed by atoms with Crippen LogP contribution in [0.4, 0.5) is 0 Å². The Morgan fingerprint density at radius 2 is 1.86 bits per heavy atom. The molecule has 1 aromatic carbocycles. The van der Waals surface area contributed by atoms with Gasteiger partial charge in [0.25, 0.3) is 0 Å². The van der Waals surface area contributed by atoms with Crippen LogP contribution in [0.3, 0.4) is 0 Å². The molecule has 0 saturated carbocycles. The topological polar surface area (TPSA) is 48.9 Å². The van der Waals surface area contributed by atoms with Gasteiger partial charge in [0.05, 0.1) is 18.8 Å². The van der Waals surface area contributed by atoms with Crippen molar-refractivity contribution in [3.05, 3.63) is 35.4 Å². The first-order valence-electron chi connectivity index (χ1n) is 10.7. The van der Waals surface area contributed by atoms with Gasteiger partial charge in [-0.2, -0.15) is 11.8 Å². The molecular weight excluding hydrogens is 368 g/mol. The molecule has 6 heteroatoms. The van der Waals surface area contributed by atoms with Gasteiger partial charge in [-0.15, -0.1) is 0 Å². The summed E-state index contributed by atoms with van der Waals surface area (Å²) in [5.74, 6) is 2.23. The summed E-state index contributed by atoms with van der Waals surface area (Å²) in [6.07, 6.45) is 3.30. The van der Waals surface area contributed by atoms with Crippen molar-refractivity contribution in [1.29, 1.82) is 0 Å². The molecule has 0 aromatic heterocycles. The molecule has 2 aliphatic rings. The van der Waals surface area contributed by atoms with E-state index in [-0.39, 0.29) is 0 Å². The molecule has 0 aliphatic carbocycles. The summed E-state index contributed by atoms with van der Waals surface area (Å²) in [6.45, 7) is 12.0. The highest BCUT2D eigenvalue weighted by Crippen LogP contribution is 2.25. The fourth-order valence-corrected chi connectivity index (χ4v) is 5.15. The van der Waals surface area contributed by atoms with Gasteiger partial charge in [-0.3, -0.25) is 4.90 Å². The number of guanidine groups is 1. The molecule has 2 fully saturated rings. The Balaban J connectivity index is 1.49. The van der Waals surface area contributed by atoms with Crippen LogP contribution in [-0.2, 0) is 17.8 Å². The molecular formula is C22H36N4OS. The monoisotopic (exact) mass is 404 g/mol. The van der Waals surface area contributed by atoms with E-state index in [1.165, 1.54) is 29.7 Å². The van der Waals surface area contributed by atoms with Crippen LogP contribution in [-0.4, -0.2) is 60.2 Å². The van der Waals surface area contributed by atoms with Crippen LogP contribution in [0.15, 0.2) is 29.3 Å². The first kappa shape index (κ1) is 21.5. The van der Waals surface area contributed by atoms with E-state index in [0.717, 1.165) is 43.9 Å². The minimum Gasteiger partial charge on any atom is -0.373 e. The quantitative estimate of drug-likeness (QED) is 0.540. The Hall–Kier alpha value is -1.24. The lowest BCUT2D eigenvalue weighted by molar-refractivity contribution is -0.0704. The minimum absolute atomic E-state index is 0.317. The van der Waals surface area contributed by atoms with E-state index in [1.54, 1.807) is 0 Å². The van der Waals surface area contributed by atoms with Crippen LogP contribution in [0, 0.1) is 0 Å². The average molecular weight is 405 g/mol. The molecule has 0 radical (unpaired) electrons. The average Bonchev–Trinajstić information content (AvgIpc) is 3.18. The zero-order valence-electron chi connectivity index (χ0n) is 17.6. The molecule has 3 atom stereocenters. The van der Waals surface area contributed by atoms with Gasteiger partial charge in [-0.05, 0) is 50.5 Å². The maximum absolute atomic E-state index is 5.83. The number of morpholine rings is 1. The van der Waals surface area contributed by atoms with Gasteiger partial charge in [0.15, 0.2) is 5.96 Å². The molecule has 2 N–H and O–H groups in total. The molecule has 2 heterocycles. The molecule has 3 rings (SSSR count). The van der Waals surface area contributed by atoms with E-state index in [9.17, 15) is 0 Å². The summed E-state index contributed by atoms with van der Waals surface area (Å²) in [5.41, 5.74) is 2.61. The lowest BCUT2D eigenvalue weighted by Crippen LogP contribution is -2.44. The molecule has 0 bridgehead atoms. The predicted molar refractivity (Wildman–Crippen MR) is 120 cm³/mol. The van der Waals surface area contributed by atoms with Crippen LogP contribution >= 0.6 is 11.8 Å². The molecule has 0 amide bonds. The molecule has 28 heavy (non-hydrogen) atoms. The van der Waals surface area contributed by atoms with Crippen molar-refractivity contribution >= 4 is 17.7 Å². The van der Waals surface area contributed by atoms with Gasteiger partial charge in [0, 0.05) is 38.0 Å². The Kier molecular flexibility index (Phi) is 8.49. The summed E-state index contributed by atoms with van der Waals surface area (Å²) in [4.78, 5) is 7.25. The van der Waals surface area contributed by atoms with Crippen molar-refractivity contribution in [2.45, 2.75) is 64.2 Å². The van der Waals surface area contributed by atoms with Crippen molar-refractivity contribution in [3.8, 4) is 0 Å². The number of ether oxygens (including phenoxy) is 1. The van der Waals surface area contributed by atoms with E-state index in [4.69, 9.17) is 9.73 Å². The van der Waals surface area contributed by atoms with E-state index in [0.29, 0.717) is 18.8 Å². The molecule has 156 valence electrons. The Labute approximate surface area is 174 Å². The Bertz CT molecular complexity index is 605. The number of hydrogen-bond acceptors (Lipinski definition) is 4. The van der Waals surface area contributed by atoms with Crippen LogP contribution < -0.4 is 10.6 Å². The third-order valence-corrected chi connectivity index (χ3v) is 6.61. The third kappa shape index (κ3) is 6.98. The largest absolute Gasteiger partial charge is 0.373 e. The first-order valence-corrected chi connectivity index (χ1v) is 11.8. The molecule has 3 unspecified atom stereocenters. The fourth-order valence-electron chi connectivity index (χ4n) is 3.95. The second kappa shape index (κ2) is 11.1. The number of nitrogens with one attached hydrogen (secondary N) is 2. The van der Waals surface area contributed by atoms with E-state index >= 15 is 0 Å². The summed E-state index contributed by atoms with van der Waals surface area (Å²) in [5, 5.41) is 7.60. The number of hydrogen-bond donors (Lipinski definition) is 2. The maximum atomic E-state index is 5.83. The number of aliphatic imine (C=N–C) groups is 1.